The normalized spacial score (nSPS) is 10.8. The van der Waals surface area contributed by atoms with Crippen LogP contribution < -0.4 is 5.73 Å². The highest BCUT2D eigenvalue weighted by Crippen LogP contribution is 2.31. The van der Waals surface area contributed by atoms with Gasteiger partial charge in [-0.1, -0.05) is 6.07 Å². The summed E-state index contributed by atoms with van der Waals surface area (Å²) in [4.78, 5) is 23.9. The summed E-state index contributed by atoms with van der Waals surface area (Å²) in [5.41, 5.74) is 11.5. The van der Waals surface area contributed by atoms with Gasteiger partial charge in [0.25, 0.3) is 0 Å². The van der Waals surface area contributed by atoms with Crippen molar-refractivity contribution in [2.24, 2.45) is 0 Å². The number of fused-ring (bicyclic) bond motifs is 1. The SMILES string of the molecule is CC(=O)OCc1cc(-c2ccc3nccc(-c4ccncc4)c3c2)cnc1N. The Morgan fingerprint density at radius 3 is 2.57 bits per heavy atom. The van der Waals surface area contributed by atoms with E-state index < -0.39 is 0 Å². The Balaban J connectivity index is 1.80. The van der Waals surface area contributed by atoms with Gasteiger partial charge in [-0.3, -0.25) is 14.8 Å². The maximum absolute atomic E-state index is 11.1. The molecule has 3 aromatic heterocycles. The number of ether oxygens (including phenoxy) is 1. The number of carbonyl (C=O) groups is 1. The zero-order valence-corrected chi connectivity index (χ0v) is 15.3. The molecule has 6 nitrogen and oxygen atoms in total. The number of nitrogens with zero attached hydrogens (tertiary/aromatic N) is 3. The minimum atomic E-state index is -0.358. The number of benzene rings is 1. The predicted molar refractivity (Wildman–Crippen MR) is 108 cm³/mol. The zero-order valence-electron chi connectivity index (χ0n) is 15.3. The first-order valence-electron chi connectivity index (χ1n) is 8.79. The Labute approximate surface area is 162 Å². The van der Waals surface area contributed by atoms with E-state index in [2.05, 4.69) is 21.0 Å². The van der Waals surface area contributed by atoms with Crippen LogP contribution in [0.1, 0.15) is 12.5 Å². The van der Waals surface area contributed by atoms with Crippen LogP contribution in [0, 0.1) is 0 Å². The molecule has 0 saturated carbocycles. The maximum atomic E-state index is 11.1. The molecule has 4 aromatic rings. The van der Waals surface area contributed by atoms with Gasteiger partial charge in [-0.25, -0.2) is 4.98 Å². The average molecular weight is 370 g/mol. The van der Waals surface area contributed by atoms with Crippen LogP contribution >= 0.6 is 0 Å². The van der Waals surface area contributed by atoms with E-state index in [-0.39, 0.29) is 12.6 Å². The molecule has 0 spiro atoms. The molecular weight excluding hydrogens is 352 g/mol. The van der Waals surface area contributed by atoms with Gasteiger partial charge in [0, 0.05) is 48.2 Å². The van der Waals surface area contributed by atoms with Gasteiger partial charge < -0.3 is 10.5 Å². The number of esters is 1. The fourth-order valence-electron chi connectivity index (χ4n) is 3.08. The quantitative estimate of drug-likeness (QED) is 0.546. The average Bonchev–Trinajstić information content (AvgIpc) is 2.73. The molecule has 0 bridgehead atoms. The lowest BCUT2D eigenvalue weighted by atomic mass is 9.98. The van der Waals surface area contributed by atoms with Crippen molar-refractivity contribution in [1.82, 2.24) is 15.0 Å². The van der Waals surface area contributed by atoms with Crippen molar-refractivity contribution in [2.75, 3.05) is 5.73 Å². The van der Waals surface area contributed by atoms with Crippen LogP contribution in [0.2, 0.25) is 0 Å². The summed E-state index contributed by atoms with van der Waals surface area (Å²) in [6.07, 6.45) is 7.07. The molecule has 0 aliphatic rings. The van der Waals surface area contributed by atoms with Gasteiger partial charge in [-0.15, -0.1) is 0 Å². The summed E-state index contributed by atoms with van der Waals surface area (Å²) in [6.45, 7) is 1.46. The first-order valence-corrected chi connectivity index (χ1v) is 8.79. The lowest BCUT2D eigenvalue weighted by Gasteiger charge is -2.11. The molecule has 0 unspecified atom stereocenters. The van der Waals surface area contributed by atoms with Gasteiger partial charge in [0.05, 0.1) is 5.52 Å². The Kier molecular flexibility index (Phi) is 4.68. The van der Waals surface area contributed by atoms with Gasteiger partial charge in [0.2, 0.25) is 0 Å². The van der Waals surface area contributed by atoms with Gasteiger partial charge in [0.1, 0.15) is 12.4 Å². The van der Waals surface area contributed by atoms with Gasteiger partial charge in [-0.2, -0.15) is 0 Å². The van der Waals surface area contributed by atoms with E-state index in [1.807, 2.05) is 36.4 Å². The molecule has 0 fully saturated rings. The number of carbonyl (C=O) groups excluding carboxylic acids is 1. The number of rotatable bonds is 4. The van der Waals surface area contributed by atoms with E-state index in [9.17, 15) is 4.79 Å². The number of anilines is 1. The highest BCUT2D eigenvalue weighted by atomic mass is 16.5. The van der Waals surface area contributed by atoms with E-state index in [0.717, 1.165) is 33.2 Å². The van der Waals surface area contributed by atoms with Gasteiger partial charge in [-0.05, 0) is 53.1 Å². The monoisotopic (exact) mass is 370 g/mol. The summed E-state index contributed by atoms with van der Waals surface area (Å²) in [5.74, 6) is -0.00601. The third-order valence-corrected chi connectivity index (χ3v) is 4.50. The Bertz CT molecular complexity index is 1160. The molecule has 4 rings (SSSR count). The first kappa shape index (κ1) is 17.6. The van der Waals surface area contributed by atoms with Crippen LogP contribution in [0.5, 0.6) is 0 Å². The smallest absolute Gasteiger partial charge is 0.302 e. The molecule has 0 aliphatic heterocycles. The van der Waals surface area contributed by atoms with Crippen molar-refractivity contribution in [3.8, 4) is 22.3 Å². The highest BCUT2D eigenvalue weighted by Gasteiger charge is 2.10. The summed E-state index contributed by atoms with van der Waals surface area (Å²) >= 11 is 0. The van der Waals surface area contributed by atoms with Crippen LogP contribution in [0.3, 0.4) is 0 Å². The molecule has 0 amide bonds. The molecule has 0 saturated heterocycles. The third kappa shape index (κ3) is 3.53. The first-order chi connectivity index (χ1) is 13.6. The lowest BCUT2D eigenvalue weighted by molar-refractivity contribution is -0.142. The van der Waals surface area contributed by atoms with Crippen molar-refractivity contribution in [1.29, 1.82) is 0 Å². The van der Waals surface area contributed by atoms with Crippen molar-refractivity contribution in [3.05, 3.63) is 72.8 Å². The number of nitrogen functional groups attached to an aromatic ring is 1. The Morgan fingerprint density at radius 1 is 0.964 bits per heavy atom. The summed E-state index contributed by atoms with van der Waals surface area (Å²) < 4.78 is 5.07. The second-order valence-corrected chi connectivity index (χ2v) is 6.37. The number of aromatic nitrogens is 3. The molecule has 0 atom stereocenters. The molecule has 138 valence electrons. The Morgan fingerprint density at radius 2 is 1.79 bits per heavy atom. The lowest BCUT2D eigenvalue weighted by Crippen LogP contribution is -2.04. The minimum Gasteiger partial charge on any atom is -0.461 e. The molecule has 0 aliphatic carbocycles. The van der Waals surface area contributed by atoms with E-state index in [1.165, 1.54) is 6.92 Å². The minimum absolute atomic E-state index is 0.0966. The van der Waals surface area contributed by atoms with E-state index in [1.54, 1.807) is 24.8 Å². The maximum Gasteiger partial charge on any atom is 0.302 e. The number of nitrogens with two attached hydrogens (primary N) is 1. The van der Waals surface area contributed by atoms with Crippen LogP contribution in [0.25, 0.3) is 33.2 Å². The predicted octanol–water partition coefficient (Wildman–Crippen LogP) is 4.00. The molecule has 28 heavy (non-hydrogen) atoms. The highest BCUT2D eigenvalue weighted by molar-refractivity contribution is 5.96. The summed E-state index contributed by atoms with van der Waals surface area (Å²) in [5, 5.41) is 1.03. The molecular formula is C22H18N4O2. The summed E-state index contributed by atoms with van der Waals surface area (Å²) in [6, 6.07) is 13.9. The summed E-state index contributed by atoms with van der Waals surface area (Å²) in [7, 11) is 0. The van der Waals surface area contributed by atoms with Crippen LogP contribution in [0.15, 0.2) is 67.3 Å². The topological polar surface area (TPSA) is 91.0 Å². The van der Waals surface area contributed by atoms with Crippen LogP contribution in [0.4, 0.5) is 5.82 Å². The molecule has 0 radical (unpaired) electrons. The fraction of sp³-hybridized carbons (Fsp3) is 0.0909. The largest absolute Gasteiger partial charge is 0.461 e. The van der Waals surface area contributed by atoms with Crippen LogP contribution in [-0.2, 0) is 16.1 Å². The number of pyridine rings is 3. The van der Waals surface area contributed by atoms with Crippen LogP contribution in [-0.4, -0.2) is 20.9 Å². The molecule has 1 aromatic carbocycles. The second-order valence-electron chi connectivity index (χ2n) is 6.37. The van der Waals surface area contributed by atoms with Crippen molar-refractivity contribution >= 4 is 22.7 Å². The second kappa shape index (κ2) is 7.44. The van der Waals surface area contributed by atoms with E-state index in [4.69, 9.17) is 10.5 Å². The number of hydrogen-bond donors (Lipinski definition) is 1. The molecule has 2 N–H and O–H groups in total. The molecule has 3 heterocycles. The molecule has 6 heteroatoms. The van der Waals surface area contributed by atoms with Crippen molar-refractivity contribution in [2.45, 2.75) is 13.5 Å². The Hall–Kier alpha value is -3.80. The van der Waals surface area contributed by atoms with Crippen molar-refractivity contribution in [3.63, 3.8) is 0 Å². The van der Waals surface area contributed by atoms with Crippen molar-refractivity contribution < 1.29 is 9.53 Å². The zero-order chi connectivity index (χ0) is 19.5. The fourth-order valence-corrected chi connectivity index (χ4v) is 3.08. The van der Waals surface area contributed by atoms with Gasteiger partial charge in [0.15, 0.2) is 0 Å². The van der Waals surface area contributed by atoms with E-state index in [0.29, 0.717) is 11.4 Å². The standard InChI is InChI=1S/C22H18N4O2/c1-14(27)28-13-18-10-17(12-26-22(18)23)16-2-3-21-20(11-16)19(6-9-25-21)15-4-7-24-8-5-15/h2-12H,13H2,1H3,(H2,23,26). The third-order valence-electron chi connectivity index (χ3n) is 4.50. The number of hydrogen-bond acceptors (Lipinski definition) is 6. The van der Waals surface area contributed by atoms with Gasteiger partial charge >= 0.3 is 5.97 Å². The van der Waals surface area contributed by atoms with E-state index >= 15 is 0 Å².